The van der Waals surface area contributed by atoms with Gasteiger partial charge in [0.25, 0.3) is 0 Å². The van der Waals surface area contributed by atoms with Crippen LogP contribution in [0.2, 0.25) is 0 Å². The molecule has 3 heterocycles. The van der Waals surface area contributed by atoms with Gasteiger partial charge in [0.2, 0.25) is 5.91 Å². The lowest BCUT2D eigenvalue weighted by Gasteiger charge is -2.27. The number of ether oxygens (including phenoxy) is 1. The number of aromatic nitrogens is 1. The summed E-state index contributed by atoms with van der Waals surface area (Å²) in [5.74, 6) is -0.182. The molecule has 154 valence electrons. The van der Waals surface area contributed by atoms with Gasteiger partial charge >= 0.3 is 0 Å². The smallest absolute Gasteiger partial charge is 0.250 e. The van der Waals surface area contributed by atoms with Crippen LogP contribution in [-0.4, -0.2) is 29.7 Å². The fourth-order valence-electron chi connectivity index (χ4n) is 3.64. The van der Waals surface area contributed by atoms with E-state index >= 15 is 0 Å². The van der Waals surface area contributed by atoms with Crippen molar-refractivity contribution in [3.05, 3.63) is 76.2 Å². The van der Waals surface area contributed by atoms with Crippen molar-refractivity contribution in [2.45, 2.75) is 19.0 Å². The average molecular weight is 439 g/mol. The number of hydrogen-bond acceptors (Lipinski definition) is 5. The van der Waals surface area contributed by atoms with Gasteiger partial charge in [0.05, 0.1) is 17.8 Å². The molecular formula is C22H22N4O2S2. The molecule has 2 N–H and O–H groups in total. The number of aryl methyl sites for hydroxylation is 1. The van der Waals surface area contributed by atoms with Gasteiger partial charge in [-0.25, -0.2) is 0 Å². The molecule has 0 saturated carbocycles. The van der Waals surface area contributed by atoms with Crippen molar-refractivity contribution < 1.29 is 9.53 Å². The summed E-state index contributed by atoms with van der Waals surface area (Å²) in [6.45, 7) is 1.99. The number of pyridine rings is 1. The molecule has 0 unspecified atom stereocenters. The zero-order valence-corrected chi connectivity index (χ0v) is 18.3. The number of carbonyl (C=O) groups is 1. The number of carbonyl (C=O) groups excluding carboxylic acids is 1. The van der Waals surface area contributed by atoms with Crippen LogP contribution >= 0.6 is 23.6 Å². The summed E-state index contributed by atoms with van der Waals surface area (Å²) in [4.78, 5) is 19.8. The molecule has 3 aromatic rings. The molecule has 8 heteroatoms. The van der Waals surface area contributed by atoms with E-state index in [1.807, 2.05) is 43.3 Å². The van der Waals surface area contributed by atoms with Crippen molar-refractivity contribution in [3.8, 4) is 0 Å². The Hall–Kier alpha value is -2.81. The Labute approximate surface area is 184 Å². The Morgan fingerprint density at radius 1 is 1.30 bits per heavy atom. The number of nitrogens with one attached hydrogen (secondary N) is 2. The third-order valence-corrected chi connectivity index (χ3v) is 6.23. The Morgan fingerprint density at radius 2 is 2.17 bits per heavy atom. The van der Waals surface area contributed by atoms with E-state index in [4.69, 9.17) is 17.0 Å². The lowest BCUT2D eigenvalue weighted by Crippen LogP contribution is -2.29. The van der Waals surface area contributed by atoms with Gasteiger partial charge < -0.3 is 20.3 Å². The monoisotopic (exact) mass is 438 g/mol. The van der Waals surface area contributed by atoms with Crippen LogP contribution in [0.4, 0.5) is 11.4 Å². The minimum Gasteiger partial charge on any atom is -0.375 e. The van der Waals surface area contributed by atoms with Crippen molar-refractivity contribution in [1.82, 2.24) is 10.3 Å². The highest BCUT2D eigenvalue weighted by atomic mass is 32.1. The number of rotatable bonds is 6. The van der Waals surface area contributed by atoms with Crippen molar-refractivity contribution in [3.63, 3.8) is 0 Å². The summed E-state index contributed by atoms with van der Waals surface area (Å²) in [6, 6.07) is 15.9. The van der Waals surface area contributed by atoms with Crippen LogP contribution in [0.1, 0.15) is 28.2 Å². The molecule has 0 bridgehead atoms. The first-order chi connectivity index (χ1) is 14.6. The lowest BCUT2D eigenvalue weighted by molar-refractivity contribution is -0.119. The van der Waals surface area contributed by atoms with Crippen molar-refractivity contribution in [2.24, 2.45) is 0 Å². The second kappa shape index (κ2) is 8.91. The molecule has 1 saturated heterocycles. The highest BCUT2D eigenvalue weighted by Crippen LogP contribution is 2.43. The first-order valence-corrected chi connectivity index (χ1v) is 10.8. The lowest BCUT2D eigenvalue weighted by atomic mass is 10.0. The zero-order valence-electron chi connectivity index (χ0n) is 16.7. The van der Waals surface area contributed by atoms with E-state index in [2.05, 4.69) is 38.0 Å². The van der Waals surface area contributed by atoms with E-state index in [9.17, 15) is 4.79 Å². The summed E-state index contributed by atoms with van der Waals surface area (Å²) in [7, 11) is 1.50. The van der Waals surface area contributed by atoms with Gasteiger partial charge in [-0.3, -0.25) is 9.78 Å². The van der Waals surface area contributed by atoms with Crippen LogP contribution in [0.3, 0.4) is 0 Å². The third-order valence-electron chi connectivity index (χ3n) is 4.97. The number of anilines is 2. The summed E-state index contributed by atoms with van der Waals surface area (Å²) in [6.07, 6.45) is 1.80. The molecule has 1 aliphatic rings. The summed E-state index contributed by atoms with van der Waals surface area (Å²) >= 11 is 7.44. The van der Waals surface area contributed by atoms with Crippen LogP contribution in [-0.2, 0) is 9.53 Å². The van der Waals surface area contributed by atoms with E-state index in [0.717, 1.165) is 22.6 Å². The topological polar surface area (TPSA) is 66.5 Å². The van der Waals surface area contributed by atoms with Gasteiger partial charge in [-0.1, -0.05) is 12.1 Å². The van der Waals surface area contributed by atoms with Crippen LogP contribution in [0.25, 0.3) is 0 Å². The van der Waals surface area contributed by atoms with Crippen molar-refractivity contribution in [2.75, 3.05) is 23.9 Å². The van der Waals surface area contributed by atoms with Crippen LogP contribution in [0.5, 0.6) is 0 Å². The van der Waals surface area contributed by atoms with Gasteiger partial charge in [-0.2, -0.15) is 0 Å². The Balaban J connectivity index is 1.69. The molecule has 1 fully saturated rings. The first kappa shape index (κ1) is 20.5. The van der Waals surface area contributed by atoms with E-state index in [1.165, 1.54) is 12.0 Å². The maximum Gasteiger partial charge on any atom is 0.250 e. The quantitative estimate of drug-likeness (QED) is 0.562. The number of benzene rings is 1. The van der Waals surface area contributed by atoms with Crippen LogP contribution in [0, 0.1) is 6.92 Å². The van der Waals surface area contributed by atoms with Gasteiger partial charge in [0, 0.05) is 29.6 Å². The number of thiocarbonyl (C=S) groups is 1. The summed E-state index contributed by atoms with van der Waals surface area (Å²) in [5, 5.41) is 9.06. The molecular weight excluding hydrogens is 416 g/mol. The van der Waals surface area contributed by atoms with Gasteiger partial charge in [0.1, 0.15) is 6.61 Å². The molecule has 6 nitrogen and oxygen atoms in total. The predicted octanol–water partition coefficient (Wildman–Crippen LogP) is 4.21. The molecule has 0 radical (unpaired) electrons. The highest BCUT2D eigenvalue weighted by molar-refractivity contribution is 7.80. The average Bonchev–Trinajstić information content (AvgIpc) is 3.38. The molecule has 1 aliphatic heterocycles. The summed E-state index contributed by atoms with van der Waals surface area (Å²) < 4.78 is 4.89. The minimum absolute atomic E-state index is 0.0132. The largest absolute Gasteiger partial charge is 0.375 e. The number of nitrogens with zero attached hydrogens (tertiary/aromatic N) is 2. The molecule has 0 aliphatic carbocycles. The van der Waals surface area contributed by atoms with Gasteiger partial charge in [0.15, 0.2) is 5.11 Å². The Morgan fingerprint density at radius 3 is 2.83 bits per heavy atom. The van der Waals surface area contributed by atoms with Crippen LogP contribution < -0.4 is 15.5 Å². The number of thiophene rings is 1. The van der Waals surface area contributed by atoms with E-state index < -0.39 is 0 Å². The second-order valence-corrected chi connectivity index (χ2v) is 8.36. The predicted molar refractivity (Wildman–Crippen MR) is 124 cm³/mol. The van der Waals surface area contributed by atoms with Crippen molar-refractivity contribution in [1.29, 1.82) is 0 Å². The normalized spacial score (nSPS) is 18.3. The molecule has 1 amide bonds. The Bertz CT molecular complexity index is 1040. The minimum atomic E-state index is -0.182. The van der Waals surface area contributed by atoms with E-state index in [0.29, 0.717) is 5.11 Å². The van der Waals surface area contributed by atoms with Gasteiger partial charge in [-0.15, -0.1) is 11.3 Å². The molecule has 30 heavy (non-hydrogen) atoms. The highest BCUT2D eigenvalue weighted by Gasteiger charge is 2.41. The number of hydrogen-bond donors (Lipinski definition) is 2. The molecule has 2 atom stereocenters. The molecule has 1 aromatic carbocycles. The fraction of sp³-hybridized carbons (Fsp3) is 0.227. The molecule has 0 spiro atoms. The van der Waals surface area contributed by atoms with E-state index in [-0.39, 0.29) is 24.6 Å². The number of methoxy groups -OCH3 is 1. The maximum absolute atomic E-state index is 11.9. The Kier molecular flexibility index (Phi) is 6.08. The summed E-state index contributed by atoms with van der Waals surface area (Å²) in [5.41, 5.74) is 3.62. The maximum atomic E-state index is 11.9. The SMILES string of the molecule is COCC(=O)Nc1ccc(N2C(=S)N[C@H](c3ccccn3)[C@H]2c2cccs2)cc1C. The molecule has 4 rings (SSSR count). The first-order valence-electron chi connectivity index (χ1n) is 9.52. The second-order valence-electron chi connectivity index (χ2n) is 6.99. The van der Waals surface area contributed by atoms with Crippen molar-refractivity contribution >= 4 is 45.9 Å². The molecule has 2 aromatic heterocycles. The standard InChI is InChI=1S/C22H22N4O2S2/c1-14-12-15(8-9-16(14)24-19(27)13-28-2)26-21(18-7-5-11-30-18)20(25-22(26)29)17-6-3-4-10-23-17/h3-12,20-21H,13H2,1-2H3,(H,24,27)(H,25,29)/t20-,21-/m1/s1. The third kappa shape index (κ3) is 4.07. The van der Waals surface area contributed by atoms with Gasteiger partial charge in [-0.05, 0) is 66.5 Å². The number of amides is 1. The fourth-order valence-corrected chi connectivity index (χ4v) is 4.84. The van der Waals surface area contributed by atoms with E-state index in [1.54, 1.807) is 17.5 Å². The zero-order chi connectivity index (χ0) is 21.1. The van der Waals surface area contributed by atoms with Crippen LogP contribution in [0.15, 0.2) is 60.1 Å².